The zero-order chi connectivity index (χ0) is 17.2. The molecule has 1 aromatic rings. The number of alkyl halides is 3. The fourth-order valence-electron chi connectivity index (χ4n) is 1.21. The third-order valence-electron chi connectivity index (χ3n) is 1.99. The van der Waals surface area contributed by atoms with E-state index in [0.29, 0.717) is 0 Å². The molecular formula is C12H14F3NO5S. The molecule has 0 fully saturated rings. The number of hydrogen-bond acceptors (Lipinski definition) is 5. The molecule has 0 bridgehead atoms. The molecule has 0 aromatic heterocycles. The van der Waals surface area contributed by atoms with Crippen molar-refractivity contribution in [3.8, 4) is 0 Å². The van der Waals surface area contributed by atoms with E-state index in [-0.39, 0.29) is 0 Å². The van der Waals surface area contributed by atoms with Gasteiger partial charge in [0.15, 0.2) is 0 Å². The van der Waals surface area contributed by atoms with Gasteiger partial charge in [-0.25, -0.2) is 4.79 Å². The fraction of sp³-hybridized carbons (Fsp3) is 0.417. The zero-order valence-corrected chi connectivity index (χ0v) is 12.7. The second-order valence-corrected chi connectivity index (χ2v) is 6.61. The van der Waals surface area contributed by atoms with Gasteiger partial charge >= 0.3 is 22.5 Å². The van der Waals surface area contributed by atoms with Crippen molar-refractivity contribution in [2.24, 2.45) is 0 Å². The van der Waals surface area contributed by atoms with E-state index in [9.17, 15) is 26.4 Å². The van der Waals surface area contributed by atoms with Crippen molar-refractivity contribution in [1.82, 2.24) is 5.06 Å². The van der Waals surface area contributed by atoms with Crippen LogP contribution >= 0.6 is 0 Å². The molecule has 0 unspecified atom stereocenters. The average Bonchev–Trinajstić information content (AvgIpc) is 2.33. The summed E-state index contributed by atoms with van der Waals surface area (Å²) >= 11 is 0. The molecule has 0 saturated carbocycles. The number of hydroxylamine groups is 2. The molecule has 22 heavy (non-hydrogen) atoms. The maximum absolute atomic E-state index is 12.8. The summed E-state index contributed by atoms with van der Waals surface area (Å²) in [6, 6.07) is 6.11. The lowest BCUT2D eigenvalue weighted by molar-refractivity contribution is -0.314. The van der Waals surface area contributed by atoms with Crippen molar-refractivity contribution in [3.05, 3.63) is 30.3 Å². The van der Waals surface area contributed by atoms with Crippen LogP contribution in [0.1, 0.15) is 20.8 Å². The first-order chi connectivity index (χ1) is 9.83. The van der Waals surface area contributed by atoms with Crippen molar-refractivity contribution in [1.29, 1.82) is 0 Å². The highest BCUT2D eigenvalue weighted by Crippen LogP contribution is 2.27. The molecular weight excluding hydrogens is 327 g/mol. The summed E-state index contributed by atoms with van der Waals surface area (Å²) in [5, 5.41) is -1.26. The lowest BCUT2D eigenvalue weighted by Gasteiger charge is -2.26. The second-order valence-electron chi connectivity index (χ2n) is 5.08. The maximum Gasteiger partial charge on any atom is 0.514 e. The lowest BCUT2D eigenvalue weighted by Crippen LogP contribution is -2.46. The van der Waals surface area contributed by atoms with Crippen LogP contribution in [0.25, 0.3) is 0 Å². The minimum Gasteiger partial charge on any atom is -0.442 e. The number of carbonyl (C=O) groups excluding carboxylic acids is 1. The van der Waals surface area contributed by atoms with E-state index < -0.39 is 38.1 Å². The molecule has 0 atom stereocenters. The third-order valence-corrected chi connectivity index (χ3v) is 3.19. The van der Waals surface area contributed by atoms with Crippen LogP contribution in [0, 0.1) is 0 Å². The van der Waals surface area contributed by atoms with Crippen molar-refractivity contribution in [2.75, 3.05) is 0 Å². The number of hydrogen-bond donors (Lipinski definition) is 0. The standard InChI is InChI=1S/C12H14F3NO5S/c1-11(2,3)20-10(17)16(12(13,14)15)21-22(18,19)9-7-5-4-6-8-9/h4-8H,1-3H3. The predicted molar refractivity (Wildman–Crippen MR) is 68.8 cm³/mol. The normalized spacial score (nSPS) is 12.8. The highest BCUT2D eigenvalue weighted by molar-refractivity contribution is 7.86. The molecule has 10 heteroatoms. The Kier molecular flexibility index (Phi) is 5.08. The number of halogens is 3. The second kappa shape index (κ2) is 6.13. The number of nitrogens with zero attached hydrogens (tertiary/aromatic N) is 1. The minimum atomic E-state index is -5.40. The topological polar surface area (TPSA) is 72.9 Å². The Morgan fingerprint density at radius 1 is 1.09 bits per heavy atom. The summed E-state index contributed by atoms with van der Waals surface area (Å²) in [4.78, 5) is 11.0. The van der Waals surface area contributed by atoms with E-state index in [1.54, 1.807) is 0 Å². The molecule has 0 radical (unpaired) electrons. The maximum atomic E-state index is 12.8. The third kappa shape index (κ3) is 5.19. The fourth-order valence-corrected chi connectivity index (χ4v) is 2.13. The Hall–Kier alpha value is -1.81. The van der Waals surface area contributed by atoms with E-state index in [4.69, 9.17) is 0 Å². The Balaban J connectivity index is 3.08. The molecule has 0 spiro atoms. The number of rotatable bonds is 3. The number of carbonyl (C=O) groups is 1. The van der Waals surface area contributed by atoms with Crippen LogP contribution in [0.2, 0.25) is 0 Å². The van der Waals surface area contributed by atoms with Crippen LogP contribution in [0.15, 0.2) is 35.2 Å². The van der Waals surface area contributed by atoms with Gasteiger partial charge in [-0.3, -0.25) is 0 Å². The number of amides is 1. The molecule has 124 valence electrons. The molecule has 0 aliphatic heterocycles. The summed E-state index contributed by atoms with van der Waals surface area (Å²) in [6.45, 7) is 3.97. The van der Waals surface area contributed by atoms with E-state index >= 15 is 0 Å². The molecule has 0 saturated heterocycles. The van der Waals surface area contributed by atoms with Gasteiger partial charge in [-0.05, 0) is 32.9 Å². The molecule has 0 heterocycles. The summed E-state index contributed by atoms with van der Waals surface area (Å²) in [5.74, 6) is 0. The van der Waals surface area contributed by atoms with Gasteiger partial charge in [-0.1, -0.05) is 23.3 Å². The largest absolute Gasteiger partial charge is 0.514 e. The first-order valence-corrected chi connectivity index (χ1v) is 7.33. The van der Waals surface area contributed by atoms with Crippen molar-refractivity contribution >= 4 is 16.2 Å². The minimum absolute atomic E-state index is 0.534. The Morgan fingerprint density at radius 3 is 2.00 bits per heavy atom. The van der Waals surface area contributed by atoms with Crippen LogP contribution < -0.4 is 0 Å². The van der Waals surface area contributed by atoms with Gasteiger partial charge < -0.3 is 4.74 Å². The van der Waals surface area contributed by atoms with E-state index in [2.05, 4.69) is 9.02 Å². The molecule has 0 aliphatic rings. The SMILES string of the molecule is CC(C)(C)OC(=O)N(OS(=O)(=O)c1ccccc1)C(F)(F)F. The summed E-state index contributed by atoms with van der Waals surface area (Å²) in [5.41, 5.74) is -1.26. The molecule has 1 aromatic carbocycles. The lowest BCUT2D eigenvalue weighted by atomic mass is 10.2. The first kappa shape index (κ1) is 18.2. The number of benzene rings is 1. The van der Waals surface area contributed by atoms with Gasteiger partial charge in [-0.2, -0.15) is 8.42 Å². The van der Waals surface area contributed by atoms with Crippen molar-refractivity contribution < 1.29 is 35.4 Å². The van der Waals surface area contributed by atoms with Gasteiger partial charge in [0.05, 0.1) is 4.90 Å². The van der Waals surface area contributed by atoms with Crippen LogP contribution in [-0.4, -0.2) is 31.5 Å². The summed E-state index contributed by atoms with van der Waals surface area (Å²) in [6.07, 6.45) is -7.39. The van der Waals surface area contributed by atoms with Crippen LogP contribution in [0.3, 0.4) is 0 Å². The smallest absolute Gasteiger partial charge is 0.442 e. The van der Waals surface area contributed by atoms with Crippen LogP contribution in [0.5, 0.6) is 0 Å². The predicted octanol–water partition coefficient (Wildman–Crippen LogP) is 3.06. The monoisotopic (exact) mass is 341 g/mol. The summed E-state index contributed by atoms with van der Waals surface area (Å²) < 4.78 is 70.4. The van der Waals surface area contributed by atoms with Gasteiger partial charge in [0.2, 0.25) is 0 Å². The molecule has 1 rings (SSSR count). The van der Waals surface area contributed by atoms with E-state index in [1.807, 2.05) is 0 Å². The van der Waals surface area contributed by atoms with Crippen LogP contribution in [-0.2, 0) is 19.1 Å². The van der Waals surface area contributed by atoms with E-state index in [1.165, 1.54) is 39.0 Å². The quantitative estimate of drug-likeness (QED) is 0.624. The molecule has 1 amide bonds. The van der Waals surface area contributed by atoms with Crippen molar-refractivity contribution in [2.45, 2.75) is 37.6 Å². The van der Waals surface area contributed by atoms with Gasteiger partial charge in [0.1, 0.15) is 5.60 Å². The summed E-state index contributed by atoms with van der Waals surface area (Å²) in [7, 11) is -4.84. The van der Waals surface area contributed by atoms with Gasteiger partial charge in [0.25, 0.3) is 0 Å². The Bertz CT molecular complexity index is 622. The van der Waals surface area contributed by atoms with E-state index in [0.717, 1.165) is 12.1 Å². The van der Waals surface area contributed by atoms with Gasteiger partial charge in [-0.15, -0.1) is 17.5 Å². The first-order valence-electron chi connectivity index (χ1n) is 5.92. The molecule has 0 N–H and O–H groups in total. The Morgan fingerprint density at radius 2 is 1.59 bits per heavy atom. The van der Waals surface area contributed by atoms with Gasteiger partial charge in [0, 0.05) is 0 Å². The average molecular weight is 341 g/mol. The molecule has 6 nitrogen and oxygen atoms in total. The number of ether oxygens (including phenoxy) is 1. The Labute approximate surface area is 125 Å². The highest BCUT2D eigenvalue weighted by atomic mass is 32.2. The zero-order valence-electron chi connectivity index (χ0n) is 11.9. The van der Waals surface area contributed by atoms with Crippen molar-refractivity contribution in [3.63, 3.8) is 0 Å². The molecule has 0 aliphatic carbocycles. The van der Waals surface area contributed by atoms with Crippen LogP contribution in [0.4, 0.5) is 18.0 Å². The highest BCUT2D eigenvalue weighted by Gasteiger charge is 2.48.